The lowest BCUT2D eigenvalue weighted by Gasteiger charge is -2.19. The van der Waals surface area contributed by atoms with Gasteiger partial charge in [-0.25, -0.2) is 13.8 Å². The number of imidazole rings is 1. The van der Waals surface area contributed by atoms with Crippen LogP contribution in [0.15, 0.2) is 30.5 Å². The predicted molar refractivity (Wildman–Crippen MR) is 168 cm³/mol. The van der Waals surface area contributed by atoms with Crippen molar-refractivity contribution in [1.29, 1.82) is 10.7 Å². The van der Waals surface area contributed by atoms with Gasteiger partial charge in [-0.15, -0.1) is 0 Å². The molecule has 3 rings (SSSR count). The maximum atomic E-state index is 16.2. The monoisotopic (exact) mass is 646 g/mol. The van der Waals surface area contributed by atoms with Crippen LogP contribution in [0.3, 0.4) is 0 Å². The lowest BCUT2D eigenvalue weighted by Crippen LogP contribution is -2.23. The summed E-state index contributed by atoms with van der Waals surface area (Å²) in [5, 5.41) is 32.7. The van der Waals surface area contributed by atoms with E-state index in [0.29, 0.717) is 25.3 Å². The van der Waals surface area contributed by atoms with Crippen LogP contribution in [0.2, 0.25) is 51.4 Å². The van der Waals surface area contributed by atoms with E-state index in [0.717, 1.165) is 18.2 Å². The van der Waals surface area contributed by atoms with Gasteiger partial charge in [0.1, 0.15) is 36.8 Å². The number of nitrogens with one attached hydrogen (secondary N) is 2. The van der Waals surface area contributed by atoms with Crippen molar-refractivity contribution < 1.29 is 27.6 Å². The molecule has 0 atom stereocenters. The first-order chi connectivity index (χ1) is 20.6. The van der Waals surface area contributed by atoms with Crippen molar-refractivity contribution in [1.82, 2.24) is 9.55 Å². The molecule has 1 heterocycles. The number of benzene rings is 2. The average molecular weight is 647 g/mol. The highest BCUT2D eigenvalue weighted by molar-refractivity contribution is 6.76. The molecule has 0 bridgehead atoms. The van der Waals surface area contributed by atoms with Gasteiger partial charge in [0.05, 0.1) is 22.4 Å². The van der Waals surface area contributed by atoms with E-state index in [1.54, 1.807) is 0 Å². The Balaban J connectivity index is 2.06. The summed E-state index contributed by atoms with van der Waals surface area (Å²) in [6, 6.07) is 7.39. The van der Waals surface area contributed by atoms with Crippen LogP contribution in [-0.4, -0.2) is 56.3 Å². The van der Waals surface area contributed by atoms with Crippen molar-refractivity contribution in [3.8, 4) is 17.2 Å². The van der Waals surface area contributed by atoms with E-state index in [9.17, 15) is 19.8 Å². The van der Waals surface area contributed by atoms with Gasteiger partial charge in [0.2, 0.25) is 5.82 Å². The summed E-state index contributed by atoms with van der Waals surface area (Å²) < 4.78 is 59.0. The van der Waals surface area contributed by atoms with E-state index >= 15 is 8.78 Å². The highest BCUT2D eigenvalue weighted by atomic mass is 28.3. The minimum atomic E-state index is -1.53. The normalized spacial score (nSPS) is 11.8. The molecule has 0 amide bonds. The standard InChI is InChI=1S/C29H37F3N6O4Si2/c1-43(2,3)13-11-41-17-36-28-21(8-7-20(25(28)31)24-22(30)9-10-23(26(24)32)38(39)40)27(34)29-35-16-19(15-33)37(29)18-42-12-14-44(4,5)6/h7-10,16,34,36H,11-14,17-18H2,1-6H3. The van der Waals surface area contributed by atoms with E-state index < -0.39 is 55.3 Å². The van der Waals surface area contributed by atoms with Crippen molar-refractivity contribution in [2.24, 2.45) is 0 Å². The molecule has 0 saturated carbocycles. The number of aromatic nitrogens is 2. The fraction of sp³-hybridized carbons (Fsp3) is 0.414. The SMILES string of the molecule is C[Si](C)(C)CCOCNc1c(C(=N)c2ncc(C#N)n2COCC[Si](C)(C)C)ccc(-c2c(F)ccc([N+](=O)[O-])c2F)c1F. The Morgan fingerprint density at radius 2 is 1.68 bits per heavy atom. The highest BCUT2D eigenvalue weighted by Gasteiger charge is 2.28. The Morgan fingerprint density at radius 1 is 1.05 bits per heavy atom. The number of hydrogen-bond acceptors (Lipinski definition) is 8. The second-order valence-electron chi connectivity index (χ2n) is 12.6. The minimum Gasteiger partial charge on any atom is -0.362 e. The zero-order valence-electron chi connectivity index (χ0n) is 25.7. The zero-order valence-corrected chi connectivity index (χ0v) is 27.7. The fourth-order valence-corrected chi connectivity index (χ4v) is 5.62. The summed E-state index contributed by atoms with van der Waals surface area (Å²) in [6.07, 6.45) is 1.27. The van der Waals surface area contributed by atoms with Crippen LogP contribution in [0.1, 0.15) is 17.1 Å². The van der Waals surface area contributed by atoms with Crippen LogP contribution >= 0.6 is 0 Å². The molecule has 0 unspecified atom stereocenters. The molecule has 236 valence electrons. The molecular weight excluding hydrogens is 610 g/mol. The molecule has 0 spiro atoms. The Morgan fingerprint density at radius 3 is 2.27 bits per heavy atom. The topological polar surface area (TPSA) is 139 Å². The number of ether oxygens (including phenoxy) is 2. The van der Waals surface area contributed by atoms with Crippen LogP contribution in [-0.2, 0) is 16.2 Å². The Labute approximate surface area is 256 Å². The first kappa shape index (κ1) is 34.6. The van der Waals surface area contributed by atoms with Crippen molar-refractivity contribution in [2.45, 2.75) is 58.1 Å². The summed E-state index contributed by atoms with van der Waals surface area (Å²) in [4.78, 5) is 14.5. The number of hydrogen-bond donors (Lipinski definition) is 2. The van der Waals surface area contributed by atoms with Gasteiger partial charge < -0.3 is 14.8 Å². The average Bonchev–Trinajstić information content (AvgIpc) is 3.33. The second-order valence-corrected chi connectivity index (χ2v) is 23.9. The first-order valence-electron chi connectivity index (χ1n) is 13.9. The van der Waals surface area contributed by atoms with Crippen molar-refractivity contribution in [2.75, 3.05) is 25.3 Å². The maximum Gasteiger partial charge on any atom is 0.305 e. The van der Waals surface area contributed by atoms with E-state index in [1.165, 1.54) is 16.8 Å². The molecule has 1 aromatic heterocycles. The molecule has 44 heavy (non-hydrogen) atoms. The van der Waals surface area contributed by atoms with Crippen LogP contribution < -0.4 is 5.32 Å². The van der Waals surface area contributed by atoms with E-state index in [4.69, 9.17) is 14.9 Å². The number of nitro benzene ring substituents is 1. The highest BCUT2D eigenvalue weighted by Crippen LogP contribution is 2.37. The van der Waals surface area contributed by atoms with Crippen LogP contribution in [0.25, 0.3) is 11.1 Å². The summed E-state index contributed by atoms with van der Waals surface area (Å²) in [7, 11) is -2.82. The number of nitrogens with zero attached hydrogens (tertiary/aromatic N) is 4. The van der Waals surface area contributed by atoms with Gasteiger partial charge in [0.25, 0.3) is 0 Å². The summed E-state index contributed by atoms with van der Waals surface area (Å²) in [6.45, 7) is 13.7. The molecule has 0 radical (unpaired) electrons. The predicted octanol–water partition coefficient (Wildman–Crippen LogP) is 7.20. The second kappa shape index (κ2) is 14.3. The van der Waals surface area contributed by atoms with E-state index in [2.05, 4.69) is 49.6 Å². The van der Waals surface area contributed by atoms with Gasteiger partial charge in [-0.2, -0.15) is 9.65 Å². The van der Waals surface area contributed by atoms with Gasteiger partial charge in [0.15, 0.2) is 11.6 Å². The third kappa shape index (κ3) is 8.62. The summed E-state index contributed by atoms with van der Waals surface area (Å²) in [5.74, 6) is -3.86. The molecule has 2 N–H and O–H groups in total. The molecule has 0 aliphatic carbocycles. The molecular formula is C29H37F3N6O4Si2. The number of nitriles is 1. The zero-order chi connectivity index (χ0) is 32.8. The van der Waals surface area contributed by atoms with E-state index in [-0.39, 0.29) is 41.9 Å². The lowest BCUT2D eigenvalue weighted by molar-refractivity contribution is -0.387. The molecule has 0 saturated heterocycles. The molecule has 0 aliphatic rings. The van der Waals surface area contributed by atoms with E-state index in [1.807, 2.05) is 6.07 Å². The van der Waals surface area contributed by atoms with Gasteiger partial charge >= 0.3 is 5.69 Å². The van der Waals surface area contributed by atoms with Crippen molar-refractivity contribution >= 4 is 33.2 Å². The maximum absolute atomic E-state index is 16.2. The van der Waals surface area contributed by atoms with Gasteiger partial charge in [-0.05, 0) is 24.2 Å². The number of anilines is 1. The molecule has 15 heteroatoms. The lowest BCUT2D eigenvalue weighted by atomic mass is 9.97. The number of rotatable bonds is 15. The van der Waals surface area contributed by atoms with Gasteiger partial charge in [0, 0.05) is 46.6 Å². The largest absolute Gasteiger partial charge is 0.362 e. The minimum absolute atomic E-state index is 0.0112. The number of nitro groups is 1. The first-order valence-corrected chi connectivity index (χ1v) is 21.4. The van der Waals surface area contributed by atoms with Gasteiger partial charge in [-0.3, -0.25) is 20.1 Å². The van der Waals surface area contributed by atoms with Crippen molar-refractivity contribution in [3.05, 3.63) is 75.1 Å². The molecule has 2 aromatic carbocycles. The Kier molecular flexibility index (Phi) is 11.3. The third-order valence-electron chi connectivity index (χ3n) is 6.71. The fourth-order valence-electron chi connectivity index (χ4n) is 4.10. The van der Waals surface area contributed by atoms with Crippen LogP contribution in [0.5, 0.6) is 0 Å². The summed E-state index contributed by atoms with van der Waals surface area (Å²) >= 11 is 0. The molecule has 3 aromatic rings. The van der Waals surface area contributed by atoms with Crippen molar-refractivity contribution in [3.63, 3.8) is 0 Å². The van der Waals surface area contributed by atoms with Crippen LogP contribution in [0, 0.1) is 44.3 Å². The molecule has 0 fully saturated rings. The summed E-state index contributed by atoms with van der Waals surface area (Å²) in [5.41, 5.74) is -3.04. The van der Waals surface area contributed by atoms with Crippen LogP contribution in [0.4, 0.5) is 24.5 Å². The molecule has 0 aliphatic heterocycles. The Bertz CT molecular complexity index is 1580. The van der Waals surface area contributed by atoms with Gasteiger partial charge in [-0.1, -0.05) is 45.3 Å². The third-order valence-corrected chi connectivity index (χ3v) is 10.1. The number of halogens is 3. The Hall–Kier alpha value is -3.85. The smallest absolute Gasteiger partial charge is 0.305 e. The molecule has 10 nitrogen and oxygen atoms in total. The quantitative estimate of drug-likeness (QED) is 0.0445.